The monoisotopic (exact) mass is 355 g/mol. The number of hydrogen-bond acceptors (Lipinski definition) is 2. The highest BCUT2D eigenvalue weighted by molar-refractivity contribution is 5.71. The highest BCUT2D eigenvalue weighted by atomic mass is 19.4. The average Bonchev–Trinajstić information content (AvgIpc) is 2.91. The summed E-state index contributed by atoms with van der Waals surface area (Å²) >= 11 is 0. The largest absolute Gasteiger partial charge is 0.481 e. The minimum atomic E-state index is -4.64. The first-order valence-corrected chi connectivity index (χ1v) is 7.12. The van der Waals surface area contributed by atoms with Gasteiger partial charge in [0.2, 0.25) is 0 Å². The highest BCUT2D eigenvalue weighted by Crippen LogP contribution is 2.40. The van der Waals surface area contributed by atoms with Crippen molar-refractivity contribution in [1.29, 1.82) is 0 Å². The summed E-state index contributed by atoms with van der Waals surface area (Å²) in [6.45, 7) is 0.741. The van der Waals surface area contributed by atoms with Gasteiger partial charge >= 0.3 is 18.3 Å². The molecule has 2 rings (SSSR count). The molecule has 1 N–H and O–H groups in total. The molecule has 1 aliphatic heterocycles. The van der Waals surface area contributed by atoms with Crippen LogP contribution in [0, 0.1) is 11.8 Å². The number of carboxylic acids is 1. The Morgan fingerprint density at radius 1 is 1.12 bits per heavy atom. The number of halogens is 6. The lowest BCUT2D eigenvalue weighted by Gasteiger charge is -2.25. The zero-order valence-electron chi connectivity index (χ0n) is 12.5. The maximum absolute atomic E-state index is 13.0. The predicted molar refractivity (Wildman–Crippen MR) is 72.1 cm³/mol. The van der Waals surface area contributed by atoms with Crippen LogP contribution in [0.2, 0.25) is 0 Å². The molecule has 0 radical (unpaired) electrons. The SMILES string of the molecule is CC(c1ccc(C(F)(F)F)cc1)N1C[C@@H](C(F)(F)F)[C@H](C(=O)O)C1. The van der Waals surface area contributed by atoms with E-state index in [1.807, 2.05) is 0 Å². The van der Waals surface area contributed by atoms with Crippen LogP contribution in [0.3, 0.4) is 0 Å². The summed E-state index contributed by atoms with van der Waals surface area (Å²) in [5.74, 6) is -5.10. The Labute approximate surface area is 133 Å². The lowest BCUT2D eigenvalue weighted by Crippen LogP contribution is -2.33. The van der Waals surface area contributed by atoms with Crippen molar-refractivity contribution >= 4 is 5.97 Å². The lowest BCUT2D eigenvalue weighted by molar-refractivity contribution is -0.188. The van der Waals surface area contributed by atoms with Gasteiger partial charge in [-0.15, -0.1) is 0 Å². The normalized spacial score (nSPS) is 24.1. The standard InChI is InChI=1S/C15H15F6NO2/c1-8(9-2-4-10(5-3-9)14(16,17)18)22-6-11(13(23)24)12(7-22)15(19,20)21/h2-5,8,11-12H,6-7H2,1H3,(H,23,24)/t8?,11-,12-/m1/s1. The minimum Gasteiger partial charge on any atom is -0.481 e. The van der Waals surface area contributed by atoms with E-state index in [1.54, 1.807) is 6.92 Å². The fraction of sp³-hybridized carbons (Fsp3) is 0.533. The molecule has 9 heteroatoms. The van der Waals surface area contributed by atoms with Crippen molar-refractivity contribution in [2.75, 3.05) is 13.1 Å². The van der Waals surface area contributed by atoms with Crippen molar-refractivity contribution in [3.8, 4) is 0 Å². The molecule has 0 aromatic heterocycles. The van der Waals surface area contributed by atoms with Gasteiger partial charge < -0.3 is 5.11 Å². The molecule has 24 heavy (non-hydrogen) atoms. The van der Waals surface area contributed by atoms with Gasteiger partial charge in [0.25, 0.3) is 0 Å². The fourth-order valence-corrected chi connectivity index (χ4v) is 2.89. The Hall–Kier alpha value is -1.77. The summed E-state index contributed by atoms with van der Waals surface area (Å²) in [4.78, 5) is 12.4. The van der Waals surface area contributed by atoms with E-state index in [0.29, 0.717) is 5.56 Å². The molecule has 1 aromatic carbocycles. The van der Waals surface area contributed by atoms with Crippen LogP contribution < -0.4 is 0 Å². The van der Waals surface area contributed by atoms with Gasteiger partial charge in [0.1, 0.15) is 0 Å². The molecular weight excluding hydrogens is 340 g/mol. The van der Waals surface area contributed by atoms with Crippen LogP contribution in [-0.2, 0) is 11.0 Å². The van der Waals surface area contributed by atoms with Gasteiger partial charge in [0, 0.05) is 19.1 Å². The molecule has 1 aliphatic rings. The van der Waals surface area contributed by atoms with Gasteiger partial charge in [-0.1, -0.05) is 12.1 Å². The van der Waals surface area contributed by atoms with E-state index in [4.69, 9.17) is 5.11 Å². The Morgan fingerprint density at radius 2 is 1.67 bits per heavy atom. The van der Waals surface area contributed by atoms with Crippen LogP contribution in [0.15, 0.2) is 24.3 Å². The first kappa shape index (κ1) is 18.6. The number of aliphatic carboxylic acids is 1. The van der Waals surface area contributed by atoms with Crippen LogP contribution in [0.25, 0.3) is 0 Å². The molecule has 0 spiro atoms. The molecule has 0 aliphatic carbocycles. The third kappa shape index (κ3) is 3.82. The number of alkyl halides is 6. The summed E-state index contributed by atoms with van der Waals surface area (Å²) in [6, 6.07) is 3.49. The predicted octanol–water partition coefficient (Wildman–Crippen LogP) is 3.96. The molecule has 1 aromatic rings. The van der Waals surface area contributed by atoms with Crippen LogP contribution in [-0.4, -0.2) is 35.2 Å². The van der Waals surface area contributed by atoms with E-state index in [1.165, 1.54) is 17.0 Å². The molecule has 3 atom stereocenters. The zero-order valence-corrected chi connectivity index (χ0v) is 12.5. The molecule has 1 unspecified atom stereocenters. The number of hydrogen-bond donors (Lipinski definition) is 1. The highest BCUT2D eigenvalue weighted by Gasteiger charge is 2.53. The van der Waals surface area contributed by atoms with Gasteiger partial charge in [-0.05, 0) is 24.6 Å². The van der Waals surface area contributed by atoms with Crippen LogP contribution >= 0.6 is 0 Å². The number of carbonyl (C=O) groups is 1. The Bertz CT molecular complexity index is 595. The third-order valence-electron chi connectivity index (χ3n) is 4.35. The average molecular weight is 355 g/mol. The zero-order chi connectivity index (χ0) is 18.3. The smallest absolute Gasteiger partial charge is 0.416 e. The van der Waals surface area contributed by atoms with E-state index < -0.39 is 48.3 Å². The quantitative estimate of drug-likeness (QED) is 0.835. The van der Waals surface area contributed by atoms with Crippen molar-refractivity contribution < 1.29 is 36.2 Å². The third-order valence-corrected chi connectivity index (χ3v) is 4.35. The first-order chi connectivity index (χ1) is 10.9. The summed E-state index contributed by atoms with van der Waals surface area (Å²) in [7, 11) is 0. The fourth-order valence-electron chi connectivity index (χ4n) is 2.89. The van der Waals surface area contributed by atoms with Crippen molar-refractivity contribution in [3.63, 3.8) is 0 Å². The molecule has 3 nitrogen and oxygen atoms in total. The van der Waals surface area contributed by atoms with E-state index in [9.17, 15) is 31.1 Å². The maximum atomic E-state index is 13.0. The molecule has 1 heterocycles. The number of likely N-dealkylation sites (tertiary alicyclic amines) is 1. The molecule has 1 saturated heterocycles. The second-order valence-electron chi connectivity index (χ2n) is 5.84. The van der Waals surface area contributed by atoms with Gasteiger partial charge in [-0.25, -0.2) is 0 Å². The molecule has 0 saturated carbocycles. The summed E-state index contributed by atoms with van der Waals surface area (Å²) in [6.07, 6.45) is -9.14. The van der Waals surface area contributed by atoms with Gasteiger partial charge in [-0.2, -0.15) is 26.3 Å². The number of rotatable bonds is 3. The minimum absolute atomic E-state index is 0.304. The molecule has 1 fully saturated rings. The van der Waals surface area contributed by atoms with Crippen LogP contribution in [0.4, 0.5) is 26.3 Å². The summed E-state index contributed by atoms with van der Waals surface area (Å²) in [5, 5.41) is 8.99. The second kappa shape index (κ2) is 6.27. The Balaban J connectivity index is 2.18. The molecule has 0 amide bonds. The molecule has 134 valence electrons. The van der Waals surface area contributed by atoms with Gasteiger partial charge in [0.05, 0.1) is 17.4 Å². The first-order valence-electron chi connectivity index (χ1n) is 7.12. The number of benzene rings is 1. The van der Waals surface area contributed by atoms with Gasteiger partial charge in [-0.3, -0.25) is 9.69 Å². The summed E-state index contributed by atoms with van der Waals surface area (Å²) in [5.41, 5.74) is -0.452. The van der Waals surface area contributed by atoms with Crippen molar-refractivity contribution in [3.05, 3.63) is 35.4 Å². The van der Waals surface area contributed by atoms with Crippen molar-refractivity contribution in [1.82, 2.24) is 4.90 Å². The van der Waals surface area contributed by atoms with Crippen molar-refractivity contribution in [2.24, 2.45) is 11.8 Å². The Morgan fingerprint density at radius 3 is 2.04 bits per heavy atom. The topological polar surface area (TPSA) is 40.5 Å². The van der Waals surface area contributed by atoms with Crippen LogP contribution in [0.1, 0.15) is 24.1 Å². The van der Waals surface area contributed by atoms with Gasteiger partial charge in [0.15, 0.2) is 0 Å². The maximum Gasteiger partial charge on any atom is 0.416 e. The van der Waals surface area contributed by atoms with E-state index in [0.717, 1.165) is 12.1 Å². The van der Waals surface area contributed by atoms with E-state index in [2.05, 4.69) is 0 Å². The number of nitrogens with zero attached hydrogens (tertiary/aromatic N) is 1. The Kier molecular flexibility index (Phi) is 4.85. The second-order valence-corrected chi connectivity index (χ2v) is 5.84. The van der Waals surface area contributed by atoms with Crippen LogP contribution in [0.5, 0.6) is 0 Å². The van der Waals surface area contributed by atoms with E-state index >= 15 is 0 Å². The lowest BCUT2D eigenvalue weighted by atomic mass is 9.96. The summed E-state index contributed by atoms with van der Waals surface area (Å²) < 4.78 is 76.6. The van der Waals surface area contributed by atoms with E-state index in [-0.39, 0.29) is 6.54 Å². The number of carboxylic acid groups (broad SMARTS) is 1. The molecular formula is C15H15F6NO2. The van der Waals surface area contributed by atoms with Crippen molar-refractivity contribution in [2.45, 2.75) is 25.3 Å². The molecule has 0 bridgehead atoms.